The van der Waals surface area contributed by atoms with Gasteiger partial charge in [0, 0.05) is 39.6 Å². The molecule has 1 heterocycles. The minimum atomic E-state index is -0.425. The molecule has 1 N–H and O–H groups in total. The third kappa shape index (κ3) is 5.06. The lowest BCUT2D eigenvalue weighted by Gasteiger charge is -2.37. The topological polar surface area (TPSA) is 52.7 Å². The number of hydrogen-bond donors (Lipinski definition) is 1. The molecule has 2 amide bonds. The van der Waals surface area contributed by atoms with Gasteiger partial charge in [-0.15, -0.1) is 0 Å². The van der Waals surface area contributed by atoms with Gasteiger partial charge in [0.1, 0.15) is 6.04 Å². The SMILES string of the molecule is CC(=O)N[C@@H](C(=O)N1CCN(Cc2cccc(C)c2)CC1)C(C)C. The van der Waals surface area contributed by atoms with Crippen LogP contribution >= 0.6 is 0 Å². The lowest BCUT2D eigenvalue weighted by atomic mass is 10.0. The van der Waals surface area contributed by atoms with Crippen LogP contribution in [0, 0.1) is 12.8 Å². The highest BCUT2D eigenvalue weighted by Gasteiger charge is 2.29. The standard InChI is InChI=1S/C19H29N3O2/c1-14(2)18(20-16(4)23)19(24)22-10-8-21(9-11-22)13-17-7-5-6-15(3)12-17/h5-7,12,14,18H,8-11,13H2,1-4H3,(H,20,23)/t18-/m1/s1. The van der Waals surface area contributed by atoms with E-state index >= 15 is 0 Å². The molecule has 1 aliphatic heterocycles. The maximum absolute atomic E-state index is 12.7. The van der Waals surface area contributed by atoms with Crippen LogP contribution in [0.3, 0.4) is 0 Å². The molecule has 1 atom stereocenters. The van der Waals surface area contributed by atoms with Crippen LogP contribution in [-0.4, -0.2) is 53.8 Å². The Morgan fingerprint density at radius 1 is 1.17 bits per heavy atom. The molecule has 24 heavy (non-hydrogen) atoms. The van der Waals surface area contributed by atoms with Gasteiger partial charge in [0.15, 0.2) is 0 Å². The zero-order valence-electron chi connectivity index (χ0n) is 15.2. The van der Waals surface area contributed by atoms with E-state index in [0.717, 1.165) is 19.6 Å². The molecule has 2 rings (SSSR count). The van der Waals surface area contributed by atoms with Crippen LogP contribution in [0.4, 0.5) is 0 Å². The number of piperazine rings is 1. The number of hydrogen-bond acceptors (Lipinski definition) is 3. The fraction of sp³-hybridized carbons (Fsp3) is 0.579. The summed E-state index contributed by atoms with van der Waals surface area (Å²) in [5.74, 6) is -0.0257. The molecule has 0 unspecified atom stereocenters. The number of aryl methyl sites for hydroxylation is 1. The highest BCUT2D eigenvalue weighted by molar-refractivity contribution is 5.87. The third-order valence-electron chi connectivity index (χ3n) is 4.46. The van der Waals surface area contributed by atoms with Gasteiger partial charge in [-0.1, -0.05) is 43.7 Å². The number of carbonyl (C=O) groups is 2. The van der Waals surface area contributed by atoms with E-state index in [0.29, 0.717) is 13.1 Å². The number of amides is 2. The highest BCUT2D eigenvalue weighted by atomic mass is 16.2. The first kappa shape index (κ1) is 18.5. The fourth-order valence-electron chi connectivity index (χ4n) is 3.12. The molecule has 1 fully saturated rings. The molecule has 1 saturated heterocycles. The smallest absolute Gasteiger partial charge is 0.245 e. The van der Waals surface area contributed by atoms with Gasteiger partial charge < -0.3 is 10.2 Å². The molecule has 5 nitrogen and oxygen atoms in total. The summed E-state index contributed by atoms with van der Waals surface area (Å²) in [6.45, 7) is 11.6. The molecule has 5 heteroatoms. The number of carbonyl (C=O) groups excluding carboxylic acids is 2. The van der Waals surface area contributed by atoms with E-state index in [2.05, 4.69) is 41.4 Å². The molecular formula is C19H29N3O2. The van der Waals surface area contributed by atoms with Crippen LogP contribution < -0.4 is 5.32 Å². The average molecular weight is 331 g/mol. The fourth-order valence-corrected chi connectivity index (χ4v) is 3.12. The Bertz CT molecular complexity index is 578. The van der Waals surface area contributed by atoms with Crippen molar-refractivity contribution in [3.63, 3.8) is 0 Å². The Balaban J connectivity index is 1.89. The largest absolute Gasteiger partial charge is 0.344 e. The Morgan fingerprint density at radius 3 is 2.38 bits per heavy atom. The third-order valence-corrected chi connectivity index (χ3v) is 4.46. The maximum atomic E-state index is 12.7. The minimum Gasteiger partial charge on any atom is -0.344 e. The summed E-state index contributed by atoms with van der Waals surface area (Å²) in [4.78, 5) is 28.3. The summed E-state index contributed by atoms with van der Waals surface area (Å²) < 4.78 is 0. The summed E-state index contributed by atoms with van der Waals surface area (Å²) in [6, 6.07) is 8.13. The summed E-state index contributed by atoms with van der Waals surface area (Å²) in [7, 11) is 0. The second-order valence-electron chi connectivity index (χ2n) is 7.01. The molecule has 0 aromatic heterocycles. The van der Waals surface area contributed by atoms with Crippen LogP contribution in [0.2, 0.25) is 0 Å². The summed E-state index contributed by atoms with van der Waals surface area (Å²) >= 11 is 0. The molecule has 1 aromatic carbocycles. The number of rotatable bonds is 5. The van der Waals surface area contributed by atoms with Crippen molar-refractivity contribution in [2.45, 2.75) is 40.3 Å². The Labute approximate surface area is 145 Å². The van der Waals surface area contributed by atoms with Crippen molar-refractivity contribution in [1.29, 1.82) is 0 Å². The molecule has 0 saturated carbocycles. The second kappa shape index (κ2) is 8.29. The minimum absolute atomic E-state index is 0.0374. The highest BCUT2D eigenvalue weighted by Crippen LogP contribution is 2.13. The zero-order chi connectivity index (χ0) is 17.7. The average Bonchev–Trinajstić information content (AvgIpc) is 2.52. The first-order chi connectivity index (χ1) is 11.4. The van der Waals surface area contributed by atoms with Gasteiger partial charge >= 0.3 is 0 Å². The Hall–Kier alpha value is -1.88. The van der Waals surface area contributed by atoms with E-state index in [1.54, 1.807) is 0 Å². The van der Waals surface area contributed by atoms with Crippen molar-refractivity contribution in [3.05, 3.63) is 35.4 Å². The predicted molar refractivity (Wildman–Crippen MR) is 95.5 cm³/mol. The van der Waals surface area contributed by atoms with Gasteiger partial charge in [-0.25, -0.2) is 0 Å². The van der Waals surface area contributed by atoms with Crippen molar-refractivity contribution in [2.75, 3.05) is 26.2 Å². The predicted octanol–water partition coefficient (Wildman–Crippen LogP) is 1.80. The van der Waals surface area contributed by atoms with E-state index in [4.69, 9.17) is 0 Å². The van der Waals surface area contributed by atoms with Crippen molar-refractivity contribution in [2.24, 2.45) is 5.92 Å². The van der Waals surface area contributed by atoms with Crippen LogP contribution in [-0.2, 0) is 16.1 Å². The van der Waals surface area contributed by atoms with E-state index in [9.17, 15) is 9.59 Å². The van der Waals surface area contributed by atoms with Gasteiger partial charge in [0.25, 0.3) is 0 Å². The van der Waals surface area contributed by atoms with Crippen LogP contribution in [0.25, 0.3) is 0 Å². The Morgan fingerprint density at radius 2 is 1.83 bits per heavy atom. The lowest BCUT2D eigenvalue weighted by Crippen LogP contribution is -2.56. The van der Waals surface area contributed by atoms with Crippen LogP contribution in [0.15, 0.2) is 24.3 Å². The molecule has 0 aliphatic carbocycles. The van der Waals surface area contributed by atoms with Crippen molar-refractivity contribution in [3.8, 4) is 0 Å². The van der Waals surface area contributed by atoms with Crippen LogP contribution in [0.1, 0.15) is 31.9 Å². The molecule has 132 valence electrons. The first-order valence-corrected chi connectivity index (χ1v) is 8.70. The maximum Gasteiger partial charge on any atom is 0.245 e. The van der Waals surface area contributed by atoms with Crippen LogP contribution in [0.5, 0.6) is 0 Å². The quantitative estimate of drug-likeness (QED) is 0.895. The van der Waals surface area contributed by atoms with Gasteiger partial charge in [-0.05, 0) is 18.4 Å². The van der Waals surface area contributed by atoms with E-state index in [1.807, 2.05) is 18.7 Å². The molecule has 0 bridgehead atoms. The molecule has 1 aromatic rings. The summed E-state index contributed by atoms with van der Waals surface area (Å²) in [5.41, 5.74) is 2.59. The Kier molecular flexibility index (Phi) is 6.37. The van der Waals surface area contributed by atoms with Gasteiger partial charge in [0.05, 0.1) is 0 Å². The van der Waals surface area contributed by atoms with E-state index < -0.39 is 6.04 Å². The molecule has 0 spiro atoms. The molecule has 1 aliphatic rings. The second-order valence-corrected chi connectivity index (χ2v) is 7.01. The van der Waals surface area contributed by atoms with Crippen molar-refractivity contribution < 1.29 is 9.59 Å². The monoisotopic (exact) mass is 331 g/mol. The summed E-state index contributed by atoms with van der Waals surface area (Å²) in [6.07, 6.45) is 0. The molecular weight excluding hydrogens is 302 g/mol. The van der Waals surface area contributed by atoms with Crippen molar-refractivity contribution >= 4 is 11.8 Å². The van der Waals surface area contributed by atoms with E-state index in [-0.39, 0.29) is 17.7 Å². The summed E-state index contributed by atoms with van der Waals surface area (Å²) in [5, 5.41) is 2.79. The molecule has 0 radical (unpaired) electrons. The zero-order valence-corrected chi connectivity index (χ0v) is 15.2. The lowest BCUT2D eigenvalue weighted by molar-refractivity contribution is -0.138. The first-order valence-electron chi connectivity index (χ1n) is 8.70. The van der Waals surface area contributed by atoms with Gasteiger partial charge in [-0.3, -0.25) is 14.5 Å². The number of benzene rings is 1. The normalized spacial score (nSPS) is 17.0. The van der Waals surface area contributed by atoms with Crippen molar-refractivity contribution in [1.82, 2.24) is 15.1 Å². The number of nitrogens with one attached hydrogen (secondary N) is 1. The van der Waals surface area contributed by atoms with E-state index in [1.165, 1.54) is 18.1 Å². The number of nitrogens with zero attached hydrogens (tertiary/aromatic N) is 2. The van der Waals surface area contributed by atoms with Gasteiger partial charge in [-0.2, -0.15) is 0 Å². The van der Waals surface area contributed by atoms with Gasteiger partial charge in [0.2, 0.25) is 11.8 Å².